The minimum Gasteiger partial charge on any atom is -0.293 e. The van der Waals surface area contributed by atoms with Gasteiger partial charge in [0, 0.05) is 10.5 Å². The van der Waals surface area contributed by atoms with Gasteiger partial charge in [-0.1, -0.05) is 29.8 Å². The molecule has 19 heavy (non-hydrogen) atoms. The fourth-order valence-corrected chi connectivity index (χ4v) is 2.76. The number of ketones is 1. The predicted octanol–water partition coefficient (Wildman–Crippen LogP) is 3.12. The quantitative estimate of drug-likeness (QED) is 0.804. The first-order chi connectivity index (χ1) is 9.06. The average molecular weight is 276 g/mol. The van der Waals surface area contributed by atoms with Gasteiger partial charge in [0.05, 0.1) is 16.6 Å². The fraction of sp³-hybridized carbons (Fsp3) is 0.133. The predicted molar refractivity (Wildman–Crippen MR) is 73.2 cm³/mol. The summed E-state index contributed by atoms with van der Waals surface area (Å²) < 4.78 is 25.0. The van der Waals surface area contributed by atoms with Crippen LogP contribution in [0, 0.1) is 12.7 Å². The molecular formula is C15H13FO2S. The molecule has 0 aliphatic heterocycles. The van der Waals surface area contributed by atoms with Crippen LogP contribution in [0.5, 0.6) is 0 Å². The van der Waals surface area contributed by atoms with Gasteiger partial charge in [-0.25, -0.2) is 4.39 Å². The summed E-state index contributed by atoms with van der Waals surface area (Å²) in [7, 11) is -1.52. The van der Waals surface area contributed by atoms with Crippen molar-refractivity contribution in [3.05, 3.63) is 65.5 Å². The number of aryl methyl sites for hydroxylation is 1. The third kappa shape index (κ3) is 3.58. The Morgan fingerprint density at radius 2 is 1.89 bits per heavy atom. The third-order valence-corrected chi connectivity index (χ3v) is 3.97. The van der Waals surface area contributed by atoms with Crippen LogP contribution in [0.4, 0.5) is 4.39 Å². The van der Waals surface area contributed by atoms with Crippen LogP contribution in [-0.4, -0.2) is 15.7 Å². The van der Waals surface area contributed by atoms with Crippen LogP contribution < -0.4 is 0 Å². The van der Waals surface area contributed by atoms with E-state index in [0.29, 0.717) is 10.5 Å². The number of halogens is 1. The number of hydrogen-bond acceptors (Lipinski definition) is 2. The van der Waals surface area contributed by atoms with E-state index in [2.05, 4.69) is 0 Å². The van der Waals surface area contributed by atoms with Crippen LogP contribution >= 0.6 is 0 Å². The van der Waals surface area contributed by atoms with Crippen LogP contribution in [0.2, 0.25) is 0 Å². The molecule has 0 fully saturated rings. The Kier molecular flexibility index (Phi) is 4.22. The van der Waals surface area contributed by atoms with Crippen molar-refractivity contribution in [2.45, 2.75) is 11.8 Å². The van der Waals surface area contributed by atoms with E-state index in [1.165, 1.54) is 18.2 Å². The van der Waals surface area contributed by atoms with Crippen LogP contribution in [0.1, 0.15) is 15.9 Å². The molecule has 2 aromatic rings. The standard InChI is InChI=1S/C15H13FO2S/c1-11-4-2-5-12(8-11)15(17)10-19(18)14-7-3-6-13(16)9-14/h2-9H,10H2,1H3. The van der Waals surface area contributed by atoms with Gasteiger partial charge in [0.25, 0.3) is 0 Å². The van der Waals surface area contributed by atoms with Gasteiger partial charge in [0.2, 0.25) is 0 Å². The van der Waals surface area contributed by atoms with E-state index in [1.54, 1.807) is 24.3 Å². The molecule has 1 atom stereocenters. The number of benzene rings is 2. The first kappa shape index (κ1) is 13.6. The second-order valence-electron chi connectivity index (χ2n) is 4.24. The van der Waals surface area contributed by atoms with Gasteiger partial charge in [-0.15, -0.1) is 0 Å². The summed E-state index contributed by atoms with van der Waals surface area (Å²) in [5.74, 6) is -0.785. The molecule has 2 nitrogen and oxygen atoms in total. The zero-order chi connectivity index (χ0) is 13.8. The Bertz CT molecular complexity index is 582. The second kappa shape index (κ2) is 5.89. The smallest absolute Gasteiger partial charge is 0.175 e. The molecule has 0 bridgehead atoms. The Morgan fingerprint density at radius 1 is 1.16 bits per heavy atom. The summed E-state index contributed by atoms with van der Waals surface area (Å²) in [6.45, 7) is 1.89. The van der Waals surface area contributed by atoms with Crippen molar-refractivity contribution in [2.24, 2.45) is 0 Å². The third-order valence-electron chi connectivity index (χ3n) is 2.66. The van der Waals surface area contributed by atoms with E-state index in [-0.39, 0.29) is 11.5 Å². The SMILES string of the molecule is Cc1cccc(C(=O)CS(=O)c2cccc(F)c2)c1. The van der Waals surface area contributed by atoms with Gasteiger partial charge in [-0.05, 0) is 31.2 Å². The maximum absolute atomic E-state index is 13.0. The molecule has 0 radical (unpaired) electrons. The van der Waals surface area contributed by atoms with Crippen LogP contribution in [-0.2, 0) is 10.8 Å². The summed E-state index contributed by atoms with van der Waals surface area (Å²) >= 11 is 0. The van der Waals surface area contributed by atoms with E-state index < -0.39 is 16.6 Å². The molecule has 98 valence electrons. The minimum absolute atomic E-state index is 0.132. The molecule has 0 aliphatic carbocycles. The highest BCUT2D eigenvalue weighted by Gasteiger charge is 2.12. The summed E-state index contributed by atoms with van der Waals surface area (Å²) in [6.07, 6.45) is 0. The Balaban J connectivity index is 2.13. The molecule has 0 N–H and O–H groups in total. The summed E-state index contributed by atoms with van der Waals surface area (Å²) in [4.78, 5) is 12.3. The van der Waals surface area contributed by atoms with Crippen LogP contribution in [0.3, 0.4) is 0 Å². The van der Waals surface area contributed by atoms with Crippen molar-refractivity contribution in [1.29, 1.82) is 0 Å². The molecular weight excluding hydrogens is 263 g/mol. The van der Waals surface area contributed by atoms with Crippen LogP contribution in [0.15, 0.2) is 53.4 Å². The lowest BCUT2D eigenvalue weighted by Gasteiger charge is -2.03. The fourth-order valence-electron chi connectivity index (χ4n) is 1.71. The molecule has 0 saturated heterocycles. The maximum atomic E-state index is 13.0. The van der Waals surface area contributed by atoms with E-state index in [9.17, 15) is 13.4 Å². The van der Waals surface area contributed by atoms with Crippen molar-refractivity contribution in [3.8, 4) is 0 Å². The van der Waals surface area contributed by atoms with E-state index in [4.69, 9.17) is 0 Å². The van der Waals surface area contributed by atoms with Crippen molar-refractivity contribution < 1.29 is 13.4 Å². The lowest BCUT2D eigenvalue weighted by molar-refractivity contribution is 0.102. The maximum Gasteiger partial charge on any atom is 0.175 e. The van der Waals surface area contributed by atoms with Gasteiger partial charge < -0.3 is 0 Å². The zero-order valence-electron chi connectivity index (χ0n) is 10.4. The minimum atomic E-state index is -1.52. The largest absolute Gasteiger partial charge is 0.293 e. The normalized spacial score (nSPS) is 12.1. The lowest BCUT2D eigenvalue weighted by atomic mass is 10.1. The average Bonchev–Trinajstić information content (AvgIpc) is 2.38. The highest BCUT2D eigenvalue weighted by atomic mass is 32.2. The van der Waals surface area contributed by atoms with E-state index in [0.717, 1.165) is 5.56 Å². The zero-order valence-corrected chi connectivity index (χ0v) is 11.2. The van der Waals surface area contributed by atoms with Crippen molar-refractivity contribution in [1.82, 2.24) is 0 Å². The number of carbonyl (C=O) groups is 1. The topological polar surface area (TPSA) is 34.1 Å². The number of hydrogen-bond donors (Lipinski definition) is 0. The highest BCUT2D eigenvalue weighted by Crippen LogP contribution is 2.11. The van der Waals surface area contributed by atoms with Gasteiger partial charge in [-0.2, -0.15) is 0 Å². The molecule has 4 heteroatoms. The van der Waals surface area contributed by atoms with E-state index >= 15 is 0 Å². The number of Topliss-reactive ketones (excluding diaryl/α,β-unsaturated/α-hetero) is 1. The first-order valence-electron chi connectivity index (χ1n) is 5.80. The molecule has 2 rings (SSSR count). The Morgan fingerprint density at radius 3 is 2.58 bits per heavy atom. The molecule has 0 amide bonds. The monoisotopic (exact) mass is 276 g/mol. The molecule has 2 aromatic carbocycles. The summed E-state index contributed by atoms with van der Waals surface area (Å²) in [5.41, 5.74) is 1.51. The molecule has 0 aromatic heterocycles. The van der Waals surface area contributed by atoms with Gasteiger partial charge in [0.1, 0.15) is 5.82 Å². The molecule has 0 saturated carbocycles. The number of carbonyl (C=O) groups excluding carboxylic acids is 1. The van der Waals surface area contributed by atoms with E-state index in [1.807, 2.05) is 13.0 Å². The van der Waals surface area contributed by atoms with Crippen molar-refractivity contribution >= 4 is 16.6 Å². The molecule has 1 unspecified atom stereocenters. The Labute approximate surface area is 113 Å². The van der Waals surface area contributed by atoms with Gasteiger partial charge in [-0.3, -0.25) is 9.00 Å². The highest BCUT2D eigenvalue weighted by molar-refractivity contribution is 7.85. The van der Waals surface area contributed by atoms with Gasteiger partial charge >= 0.3 is 0 Å². The number of rotatable bonds is 4. The lowest BCUT2D eigenvalue weighted by Crippen LogP contribution is -2.11. The van der Waals surface area contributed by atoms with Gasteiger partial charge in [0.15, 0.2) is 5.78 Å². The molecule has 0 spiro atoms. The van der Waals surface area contributed by atoms with Crippen LogP contribution in [0.25, 0.3) is 0 Å². The van der Waals surface area contributed by atoms with Crippen molar-refractivity contribution in [3.63, 3.8) is 0 Å². The molecule has 0 aliphatic rings. The first-order valence-corrected chi connectivity index (χ1v) is 7.12. The summed E-state index contributed by atoms with van der Waals surface area (Å²) in [5, 5.41) is 0. The Hall–Kier alpha value is -1.81. The second-order valence-corrected chi connectivity index (χ2v) is 5.69. The summed E-state index contributed by atoms with van der Waals surface area (Å²) in [6, 6.07) is 12.6. The van der Waals surface area contributed by atoms with Crippen molar-refractivity contribution in [2.75, 3.05) is 5.75 Å². The molecule has 0 heterocycles.